The van der Waals surface area contributed by atoms with Crippen LogP contribution in [0.4, 0.5) is 0 Å². The van der Waals surface area contributed by atoms with Gasteiger partial charge in [-0.2, -0.15) is 5.10 Å². The minimum atomic E-state index is 0.0976. The summed E-state index contributed by atoms with van der Waals surface area (Å²) in [7, 11) is 1.62. The zero-order chi connectivity index (χ0) is 13.0. The Morgan fingerprint density at radius 2 is 2.06 bits per heavy atom. The number of aliphatic hydroxyl groups excluding tert-OH is 1. The van der Waals surface area contributed by atoms with E-state index in [9.17, 15) is 0 Å². The second kappa shape index (κ2) is 6.02. The summed E-state index contributed by atoms with van der Waals surface area (Å²) < 4.78 is 8.20. The summed E-state index contributed by atoms with van der Waals surface area (Å²) in [4.78, 5) is 0. The molecule has 4 nitrogen and oxygen atoms in total. The fraction of sp³-hybridized carbons (Fsp3) is 0.308. The molecule has 0 bridgehead atoms. The topological polar surface area (TPSA) is 47.3 Å². The smallest absolute Gasteiger partial charge is 0.215 e. The number of rotatable bonds is 5. The standard InChI is InChI=1S/C13H15BrN2O2/c1-18-13-11(6-7-17)8-15-16(13)9-10-2-4-12(14)5-3-10/h2-5,8,17H,6-7,9H2,1H3. The van der Waals surface area contributed by atoms with Crippen LogP contribution in [-0.2, 0) is 13.0 Å². The summed E-state index contributed by atoms with van der Waals surface area (Å²) in [6, 6.07) is 8.08. The van der Waals surface area contributed by atoms with Crippen molar-refractivity contribution in [3.05, 3.63) is 46.1 Å². The van der Waals surface area contributed by atoms with Crippen LogP contribution in [0, 0.1) is 0 Å². The fourth-order valence-corrected chi connectivity index (χ4v) is 2.08. The molecule has 0 saturated carbocycles. The highest BCUT2D eigenvalue weighted by molar-refractivity contribution is 9.10. The van der Waals surface area contributed by atoms with Gasteiger partial charge in [0.15, 0.2) is 0 Å². The molecule has 0 spiro atoms. The van der Waals surface area contributed by atoms with Crippen molar-refractivity contribution in [2.24, 2.45) is 0 Å². The average molecular weight is 311 g/mol. The zero-order valence-corrected chi connectivity index (χ0v) is 11.7. The van der Waals surface area contributed by atoms with E-state index in [1.165, 1.54) is 0 Å². The van der Waals surface area contributed by atoms with Crippen LogP contribution >= 0.6 is 15.9 Å². The summed E-state index contributed by atoms with van der Waals surface area (Å²) in [5.74, 6) is 0.715. The van der Waals surface area contributed by atoms with E-state index in [1.807, 2.05) is 24.3 Å². The number of aliphatic hydroxyl groups is 1. The van der Waals surface area contributed by atoms with Gasteiger partial charge < -0.3 is 9.84 Å². The van der Waals surface area contributed by atoms with E-state index in [4.69, 9.17) is 9.84 Å². The van der Waals surface area contributed by atoms with Gasteiger partial charge in [0.05, 0.1) is 19.9 Å². The molecule has 2 aromatic rings. The molecule has 0 aliphatic rings. The first-order valence-electron chi connectivity index (χ1n) is 5.68. The van der Waals surface area contributed by atoms with Crippen molar-refractivity contribution in [3.63, 3.8) is 0 Å². The monoisotopic (exact) mass is 310 g/mol. The van der Waals surface area contributed by atoms with Gasteiger partial charge in [0.25, 0.3) is 0 Å². The summed E-state index contributed by atoms with van der Waals surface area (Å²) in [5, 5.41) is 13.3. The van der Waals surface area contributed by atoms with Gasteiger partial charge in [0.1, 0.15) is 0 Å². The highest BCUT2D eigenvalue weighted by Gasteiger charge is 2.10. The molecular weight excluding hydrogens is 296 g/mol. The predicted molar refractivity (Wildman–Crippen MR) is 72.8 cm³/mol. The Labute approximate surface area is 114 Å². The van der Waals surface area contributed by atoms with E-state index in [0.29, 0.717) is 18.8 Å². The first kappa shape index (κ1) is 13.1. The summed E-state index contributed by atoms with van der Waals surface area (Å²) in [6.45, 7) is 0.752. The normalized spacial score (nSPS) is 10.6. The third-order valence-electron chi connectivity index (χ3n) is 2.68. The van der Waals surface area contributed by atoms with Crippen molar-refractivity contribution in [1.82, 2.24) is 9.78 Å². The Bertz CT molecular complexity index is 508. The largest absolute Gasteiger partial charge is 0.481 e. The quantitative estimate of drug-likeness (QED) is 0.921. The number of aromatic nitrogens is 2. The van der Waals surface area contributed by atoms with Gasteiger partial charge in [0, 0.05) is 23.1 Å². The number of nitrogens with zero attached hydrogens (tertiary/aromatic N) is 2. The Morgan fingerprint density at radius 1 is 1.33 bits per heavy atom. The van der Waals surface area contributed by atoms with Gasteiger partial charge >= 0.3 is 0 Å². The van der Waals surface area contributed by atoms with Crippen LogP contribution in [0.5, 0.6) is 5.88 Å². The van der Waals surface area contributed by atoms with Gasteiger partial charge in [-0.1, -0.05) is 28.1 Å². The third kappa shape index (κ3) is 2.91. The average Bonchev–Trinajstić information content (AvgIpc) is 2.75. The van der Waals surface area contributed by atoms with Gasteiger partial charge in [-0.25, -0.2) is 4.68 Å². The van der Waals surface area contributed by atoms with Crippen LogP contribution in [0.2, 0.25) is 0 Å². The van der Waals surface area contributed by atoms with Crippen molar-refractivity contribution in [3.8, 4) is 5.88 Å². The lowest BCUT2D eigenvalue weighted by Crippen LogP contribution is -2.05. The molecular formula is C13H15BrN2O2. The van der Waals surface area contributed by atoms with E-state index >= 15 is 0 Å². The molecule has 0 radical (unpaired) electrons. The maximum Gasteiger partial charge on any atom is 0.215 e. The minimum absolute atomic E-state index is 0.0976. The van der Waals surface area contributed by atoms with E-state index in [-0.39, 0.29) is 6.61 Å². The molecule has 96 valence electrons. The molecule has 0 fully saturated rings. The molecule has 0 amide bonds. The molecule has 18 heavy (non-hydrogen) atoms. The first-order valence-corrected chi connectivity index (χ1v) is 6.48. The lowest BCUT2D eigenvalue weighted by molar-refractivity contribution is 0.295. The molecule has 1 aromatic carbocycles. The molecule has 1 heterocycles. The number of hydrogen-bond acceptors (Lipinski definition) is 3. The molecule has 1 N–H and O–H groups in total. The Balaban J connectivity index is 2.20. The van der Waals surface area contributed by atoms with Crippen molar-refractivity contribution in [2.45, 2.75) is 13.0 Å². The lowest BCUT2D eigenvalue weighted by Gasteiger charge is -2.08. The van der Waals surface area contributed by atoms with E-state index < -0.39 is 0 Å². The van der Waals surface area contributed by atoms with E-state index in [2.05, 4.69) is 21.0 Å². The highest BCUT2D eigenvalue weighted by atomic mass is 79.9. The Morgan fingerprint density at radius 3 is 2.67 bits per heavy atom. The van der Waals surface area contributed by atoms with E-state index in [1.54, 1.807) is 18.0 Å². The van der Waals surface area contributed by atoms with Crippen LogP contribution in [-0.4, -0.2) is 28.6 Å². The van der Waals surface area contributed by atoms with E-state index in [0.717, 1.165) is 15.6 Å². The molecule has 1 aromatic heterocycles. The van der Waals surface area contributed by atoms with Gasteiger partial charge in [0.2, 0.25) is 5.88 Å². The SMILES string of the molecule is COc1c(CCO)cnn1Cc1ccc(Br)cc1. The number of benzene rings is 1. The predicted octanol–water partition coefficient (Wildman–Crippen LogP) is 2.24. The van der Waals surface area contributed by atoms with Crippen LogP contribution in [0.15, 0.2) is 34.9 Å². The summed E-state index contributed by atoms with van der Waals surface area (Å²) >= 11 is 3.41. The maximum absolute atomic E-state index is 8.97. The van der Waals surface area contributed by atoms with Gasteiger partial charge in [-0.15, -0.1) is 0 Å². The zero-order valence-electron chi connectivity index (χ0n) is 10.1. The first-order chi connectivity index (χ1) is 8.74. The molecule has 0 aliphatic carbocycles. The Kier molecular flexibility index (Phi) is 4.38. The molecule has 0 saturated heterocycles. The summed E-state index contributed by atoms with van der Waals surface area (Å²) in [5.41, 5.74) is 2.08. The van der Waals surface area contributed by atoms with Crippen molar-refractivity contribution in [2.75, 3.05) is 13.7 Å². The third-order valence-corrected chi connectivity index (χ3v) is 3.21. The minimum Gasteiger partial charge on any atom is -0.481 e. The number of hydrogen-bond donors (Lipinski definition) is 1. The van der Waals surface area contributed by atoms with Crippen molar-refractivity contribution < 1.29 is 9.84 Å². The van der Waals surface area contributed by atoms with Crippen LogP contribution in [0.3, 0.4) is 0 Å². The van der Waals surface area contributed by atoms with Crippen LogP contribution in [0.1, 0.15) is 11.1 Å². The van der Waals surface area contributed by atoms with Gasteiger partial charge in [-0.3, -0.25) is 0 Å². The van der Waals surface area contributed by atoms with Crippen molar-refractivity contribution >= 4 is 15.9 Å². The molecule has 0 unspecified atom stereocenters. The second-order valence-corrected chi connectivity index (χ2v) is 4.85. The number of methoxy groups -OCH3 is 1. The number of ether oxygens (including phenoxy) is 1. The second-order valence-electron chi connectivity index (χ2n) is 3.94. The van der Waals surface area contributed by atoms with Crippen molar-refractivity contribution in [1.29, 1.82) is 0 Å². The van der Waals surface area contributed by atoms with Gasteiger partial charge in [-0.05, 0) is 17.7 Å². The maximum atomic E-state index is 8.97. The molecule has 5 heteroatoms. The molecule has 0 atom stereocenters. The molecule has 0 aliphatic heterocycles. The highest BCUT2D eigenvalue weighted by Crippen LogP contribution is 2.20. The van der Waals surface area contributed by atoms with Crippen LogP contribution < -0.4 is 4.74 Å². The lowest BCUT2D eigenvalue weighted by atomic mass is 10.2. The fourth-order valence-electron chi connectivity index (χ4n) is 1.82. The number of halogens is 1. The summed E-state index contributed by atoms with van der Waals surface area (Å²) in [6.07, 6.45) is 2.30. The Hall–Kier alpha value is -1.33. The molecule has 2 rings (SSSR count). The van der Waals surface area contributed by atoms with Crippen LogP contribution in [0.25, 0.3) is 0 Å².